The van der Waals surface area contributed by atoms with Gasteiger partial charge in [-0.05, 0) is 25.8 Å². The van der Waals surface area contributed by atoms with Crippen LogP contribution in [0.5, 0.6) is 0 Å². The maximum atomic E-state index is 13.2. The Balaban J connectivity index is 1.82. The van der Waals surface area contributed by atoms with Crippen molar-refractivity contribution in [2.24, 2.45) is 7.05 Å². The molecule has 174 valence electrons. The Kier molecular flexibility index (Phi) is 6.02. The highest BCUT2D eigenvalue weighted by Crippen LogP contribution is 2.27. The van der Waals surface area contributed by atoms with E-state index in [2.05, 4.69) is 15.0 Å². The number of carbonyl (C=O) groups is 1. The number of nitrogens with zero attached hydrogens (tertiary/aromatic N) is 5. The number of imidazole rings is 1. The van der Waals surface area contributed by atoms with Gasteiger partial charge in [-0.25, -0.2) is 19.6 Å². The summed E-state index contributed by atoms with van der Waals surface area (Å²) < 4.78 is 9.48. The number of unbranched alkanes of at least 4 members (excludes halogenated alkanes) is 1. The van der Waals surface area contributed by atoms with Gasteiger partial charge in [-0.1, -0.05) is 13.3 Å². The van der Waals surface area contributed by atoms with E-state index in [9.17, 15) is 19.2 Å². The Morgan fingerprint density at radius 3 is 2.70 bits per heavy atom. The standard InChI is InChI=1S/C21H24N6O5S/c1-5-7-8-27-16-14(17(28)24-21(27)31)25(4)12(23-16)9-26-10-22-18-13(19(26)29)11(3)15(33-18)20(30)32-6-2/h10H,5-9H2,1-4H3,(H,24,28,31). The van der Waals surface area contributed by atoms with Crippen LogP contribution < -0.4 is 16.8 Å². The summed E-state index contributed by atoms with van der Waals surface area (Å²) >= 11 is 1.12. The summed E-state index contributed by atoms with van der Waals surface area (Å²) in [6.07, 6.45) is 3.03. The topological polar surface area (TPSA) is 134 Å². The molecule has 4 aromatic rings. The average molecular weight is 473 g/mol. The van der Waals surface area contributed by atoms with Crippen molar-refractivity contribution in [3.05, 3.63) is 53.8 Å². The molecular weight excluding hydrogens is 448 g/mol. The third kappa shape index (κ3) is 3.80. The van der Waals surface area contributed by atoms with Gasteiger partial charge in [-0.15, -0.1) is 11.3 Å². The lowest BCUT2D eigenvalue weighted by Gasteiger charge is -2.06. The summed E-state index contributed by atoms with van der Waals surface area (Å²) in [6.45, 7) is 6.12. The first-order valence-corrected chi connectivity index (χ1v) is 11.4. The van der Waals surface area contributed by atoms with Crippen LogP contribution in [0.3, 0.4) is 0 Å². The number of ether oxygens (including phenoxy) is 1. The molecule has 0 aliphatic carbocycles. The van der Waals surface area contributed by atoms with Crippen molar-refractivity contribution in [1.82, 2.24) is 28.7 Å². The molecule has 33 heavy (non-hydrogen) atoms. The smallest absolute Gasteiger partial charge is 0.348 e. The predicted octanol–water partition coefficient (Wildman–Crippen LogP) is 1.53. The molecule has 0 spiro atoms. The number of aromatic amines is 1. The molecule has 0 amide bonds. The normalized spacial score (nSPS) is 11.5. The van der Waals surface area contributed by atoms with Crippen LogP contribution in [0.1, 0.15) is 47.7 Å². The Bertz CT molecular complexity index is 1550. The molecule has 12 heteroatoms. The molecule has 0 aromatic carbocycles. The molecule has 0 radical (unpaired) electrons. The largest absolute Gasteiger partial charge is 0.462 e. The van der Waals surface area contributed by atoms with Crippen molar-refractivity contribution in [2.45, 2.75) is 46.7 Å². The minimum Gasteiger partial charge on any atom is -0.462 e. The van der Waals surface area contributed by atoms with Crippen LogP contribution in [0, 0.1) is 6.92 Å². The Hall–Kier alpha value is -3.54. The van der Waals surface area contributed by atoms with Crippen LogP contribution in [0.4, 0.5) is 0 Å². The first-order chi connectivity index (χ1) is 15.8. The Morgan fingerprint density at radius 2 is 2.00 bits per heavy atom. The quantitative estimate of drug-likeness (QED) is 0.403. The molecule has 0 saturated heterocycles. The molecule has 4 heterocycles. The number of hydrogen-bond acceptors (Lipinski definition) is 8. The average Bonchev–Trinajstić information content (AvgIpc) is 3.28. The van der Waals surface area contributed by atoms with Crippen LogP contribution >= 0.6 is 11.3 Å². The van der Waals surface area contributed by atoms with Gasteiger partial charge in [-0.3, -0.25) is 23.7 Å². The first-order valence-electron chi connectivity index (χ1n) is 10.6. The van der Waals surface area contributed by atoms with Gasteiger partial charge in [0.2, 0.25) is 0 Å². The van der Waals surface area contributed by atoms with E-state index in [1.165, 1.54) is 15.5 Å². The highest BCUT2D eigenvalue weighted by atomic mass is 32.1. The van der Waals surface area contributed by atoms with Gasteiger partial charge in [-0.2, -0.15) is 0 Å². The number of thiophene rings is 1. The van der Waals surface area contributed by atoms with E-state index in [0.29, 0.717) is 33.0 Å². The number of nitrogens with one attached hydrogen (secondary N) is 1. The van der Waals surface area contributed by atoms with Crippen molar-refractivity contribution in [2.75, 3.05) is 6.61 Å². The Morgan fingerprint density at radius 1 is 1.24 bits per heavy atom. The molecule has 0 bridgehead atoms. The van der Waals surface area contributed by atoms with Gasteiger partial charge >= 0.3 is 11.7 Å². The number of rotatable bonds is 7. The molecule has 0 saturated carbocycles. The number of H-pyrrole nitrogens is 1. The predicted molar refractivity (Wildman–Crippen MR) is 124 cm³/mol. The fourth-order valence-electron chi connectivity index (χ4n) is 3.77. The number of fused-ring (bicyclic) bond motifs is 2. The fourth-order valence-corrected chi connectivity index (χ4v) is 4.80. The summed E-state index contributed by atoms with van der Waals surface area (Å²) in [4.78, 5) is 62.3. The summed E-state index contributed by atoms with van der Waals surface area (Å²) in [6, 6.07) is 0. The molecule has 4 aromatic heterocycles. The van der Waals surface area contributed by atoms with Gasteiger partial charge in [0.05, 0.1) is 24.9 Å². The zero-order valence-electron chi connectivity index (χ0n) is 18.8. The highest BCUT2D eigenvalue weighted by Gasteiger charge is 2.22. The van der Waals surface area contributed by atoms with E-state index in [4.69, 9.17) is 4.74 Å². The first kappa shape index (κ1) is 22.6. The molecular formula is C21H24N6O5S. The lowest BCUT2D eigenvalue weighted by molar-refractivity contribution is 0.0531. The van der Waals surface area contributed by atoms with E-state index in [-0.39, 0.29) is 29.9 Å². The molecule has 4 rings (SSSR count). The van der Waals surface area contributed by atoms with Gasteiger partial charge in [0.25, 0.3) is 11.1 Å². The van der Waals surface area contributed by atoms with Crippen molar-refractivity contribution >= 4 is 38.7 Å². The van der Waals surface area contributed by atoms with Crippen LogP contribution in [0.25, 0.3) is 21.4 Å². The molecule has 0 aliphatic rings. The maximum Gasteiger partial charge on any atom is 0.348 e. The van der Waals surface area contributed by atoms with Crippen LogP contribution in [-0.4, -0.2) is 41.2 Å². The van der Waals surface area contributed by atoms with E-state index in [1.54, 1.807) is 25.5 Å². The molecule has 0 atom stereocenters. The van der Waals surface area contributed by atoms with Crippen molar-refractivity contribution in [3.8, 4) is 0 Å². The number of aromatic nitrogens is 6. The maximum absolute atomic E-state index is 13.2. The molecule has 1 N–H and O–H groups in total. The van der Waals surface area contributed by atoms with Crippen LogP contribution in [0.15, 0.2) is 20.7 Å². The second-order valence-electron chi connectivity index (χ2n) is 7.66. The van der Waals surface area contributed by atoms with Crippen LogP contribution in [0.2, 0.25) is 0 Å². The molecule has 11 nitrogen and oxygen atoms in total. The van der Waals surface area contributed by atoms with E-state index in [0.717, 1.165) is 24.2 Å². The van der Waals surface area contributed by atoms with Crippen molar-refractivity contribution < 1.29 is 9.53 Å². The van der Waals surface area contributed by atoms with Crippen molar-refractivity contribution in [1.29, 1.82) is 0 Å². The third-order valence-corrected chi connectivity index (χ3v) is 6.71. The van der Waals surface area contributed by atoms with Gasteiger partial charge in [0.1, 0.15) is 15.5 Å². The summed E-state index contributed by atoms with van der Waals surface area (Å²) in [5, 5.41) is 0.349. The lowest BCUT2D eigenvalue weighted by Crippen LogP contribution is -2.31. The Labute approximate surface area is 191 Å². The monoisotopic (exact) mass is 472 g/mol. The van der Waals surface area contributed by atoms with E-state index in [1.807, 2.05) is 6.92 Å². The number of carbonyl (C=O) groups excluding carboxylic acids is 1. The molecule has 0 fully saturated rings. The third-order valence-electron chi connectivity index (χ3n) is 5.53. The second-order valence-corrected chi connectivity index (χ2v) is 8.66. The van der Waals surface area contributed by atoms with E-state index < -0.39 is 17.2 Å². The van der Waals surface area contributed by atoms with Crippen LogP contribution in [-0.2, 0) is 24.9 Å². The van der Waals surface area contributed by atoms with Crippen molar-refractivity contribution in [3.63, 3.8) is 0 Å². The summed E-state index contributed by atoms with van der Waals surface area (Å²) in [5.41, 5.74) is -0.292. The summed E-state index contributed by atoms with van der Waals surface area (Å²) in [5.74, 6) is -0.0586. The van der Waals surface area contributed by atoms with Gasteiger partial charge in [0.15, 0.2) is 11.2 Å². The number of hydrogen-bond donors (Lipinski definition) is 1. The summed E-state index contributed by atoms with van der Waals surface area (Å²) in [7, 11) is 1.67. The SMILES string of the molecule is CCCCn1c(=O)[nH]c(=O)c2c1nc(Cn1cnc3sc(C(=O)OCC)c(C)c3c1=O)n2C. The minimum absolute atomic E-state index is 0.0401. The minimum atomic E-state index is -0.530. The molecule has 0 unspecified atom stereocenters. The number of aryl methyl sites for hydroxylation is 3. The number of esters is 1. The lowest BCUT2D eigenvalue weighted by atomic mass is 10.2. The fraction of sp³-hybridized carbons (Fsp3) is 0.429. The molecule has 0 aliphatic heterocycles. The van der Waals surface area contributed by atoms with E-state index >= 15 is 0 Å². The zero-order valence-corrected chi connectivity index (χ0v) is 19.6. The van der Waals surface area contributed by atoms with Gasteiger partial charge in [0, 0.05) is 13.6 Å². The highest BCUT2D eigenvalue weighted by molar-refractivity contribution is 7.20. The second kappa shape index (κ2) is 8.77. The van der Waals surface area contributed by atoms with Gasteiger partial charge < -0.3 is 9.30 Å². The zero-order chi connectivity index (χ0) is 23.9.